The lowest BCUT2D eigenvalue weighted by molar-refractivity contribution is -0.123. The van der Waals surface area contributed by atoms with Crippen molar-refractivity contribution >= 4 is 27.3 Å². The van der Waals surface area contributed by atoms with Gasteiger partial charge in [-0.2, -0.15) is 0 Å². The molecule has 7 nitrogen and oxygen atoms in total. The molecule has 0 unspecified atom stereocenters. The maximum Gasteiger partial charge on any atom is 0.258 e. The Bertz CT molecular complexity index is 893. The number of hydrogen-bond donors (Lipinski definition) is 1. The van der Waals surface area contributed by atoms with Gasteiger partial charge in [0.2, 0.25) is 10.0 Å². The molecular formula is C21H29N3O4S. The normalized spacial score (nSPS) is 11.0. The van der Waals surface area contributed by atoms with Crippen molar-refractivity contribution in [2.75, 3.05) is 42.2 Å². The zero-order chi connectivity index (χ0) is 21.4. The third kappa shape index (κ3) is 6.67. The van der Waals surface area contributed by atoms with Gasteiger partial charge in [-0.25, -0.2) is 8.42 Å². The number of nitrogens with zero attached hydrogens (tertiary/aromatic N) is 2. The molecule has 2 rings (SSSR count). The fourth-order valence-corrected chi connectivity index (χ4v) is 3.26. The minimum absolute atomic E-state index is 0.112. The lowest BCUT2D eigenvalue weighted by atomic mass is 10.2. The molecule has 0 fully saturated rings. The fourth-order valence-electron chi connectivity index (χ4n) is 2.76. The number of hydrogen-bond acceptors (Lipinski definition) is 5. The topological polar surface area (TPSA) is 79.0 Å². The van der Waals surface area contributed by atoms with Crippen LogP contribution in [0.5, 0.6) is 5.75 Å². The summed E-state index contributed by atoms with van der Waals surface area (Å²) < 4.78 is 29.7. The van der Waals surface area contributed by atoms with E-state index >= 15 is 0 Å². The van der Waals surface area contributed by atoms with Gasteiger partial charge in [-0.15, -0.1) is 0 Å². The van der Waals surface area contributed by atoms with Crippen LogP contribution in [0, 0.1) is 0 Å². The van der Waals surface area contributed by atoms with Crippen LogP contribution in [0.4, 0.5) is 11.4 Å². The van der Waals surface area contributed by atoms with Crippen LogP contribution in [0.2, 0.25) is 0 Å². The quantitative estimate of drug-likeness (QED) is 0.640. The minimum Gasteiger partial charge on any atom is -0.484 e. The van der Waals surface area contributed by atoms with Crippen molar-refractivity contribution in [2.45, 2.75) is 20.4 Å². The molecule has 0 aliphatic rings. The lowest BCUT2D eigenvalue weighted by Crippen LogP contribution is -2.28. The van der Waals surface area contributed by atoms with Crippen LogP contribution in [-0.2, 0) is 21.4 Å². The summed E-state index contributed by atoms with van der Waals surface area (Å²) in [7, 11) is -1.83. The van der Waals surface area contributed by atoms with Crippen molar-refractivity contribution in [2.24, 2.45) is 0 Å². The van der Waals surface area contributed by atoms with E-state index in [9.17, 15) is 13.2 Å². The van der Waals surface area contributed by atoms with E-state index in [-0.39, 0.29) is 12.5 Å². The highest BCUT2D eigenvalue weighted by molar-refractivity contribution is 7.92. The van der Waals surface area contributed by atoms with E-state index in [1.807, 2.05) is 12.1 Å². The number of benzene rings is 2. The van der Waals surface area contributed by atoms with Gasteiger partial charge < -0.3 is 15.0 Å². The standard InChI is InChI=1S/C21H29N3O4S/c1-5-24(6-2)19-9-7-17(8-10-19)15-22-21(25)16-28-20-13-11-18(12-14-20)23(3)29(4,26)27/h7-14H,5-6,15-16H2,1-4H3,(H,22,25). The number of carbonyl (C=O) groups excluding carboxylic acids is 1. The van der Waals surface area contributed by atoms with Crippen LogP contribution in [0.15, 0.2) is 48.5 Å². The Morgan fingerprint density at radius 3 is 2.03 bits per heavy atom. The molecule has 0 radical (unpaired) electrons. The van der Waals surface area contributed by atoms with Crippen molar-refractivity contribution in [3.05, 3.63) is 54.1 Å². The van der Waals surface area contributed by atoms with Gasteiger partial charge in [0, 0.05) is 32.4 Å². The number of nitrogens with one attached hydrogen (secondary N) is 1. The van der Waals surface area contributed by atoms with Gasteiger partial charge in [0.15, 0.2) is 6.61 Å². The summed E-state index contributed by atoms with van der Waals surface area (Å²) in [5, 5.41) is 2.83. The highest BCUT2D eigenvalue weighted by Gasteiger charge is 2.12. The molecule has 2 aromatic rings. The Morgan fingerprint density at radius 2 is 1.52 bits per heavy atom. The first kappa shape index (κ1) is 22.5. The van der Waals surface area contributed by atoms with Crippen molar-refractivity contribution in [1.29, 1.82) is 0 Å². The number of anilines is 2. The molecule has 0 atom stereocenters. The molecule has 1 N–H and O–H groups in total. The van der Waals surface area contributed by atoms with Crippen molar-refractivity contribution < 1.29 is 17.9 Å². The molecule has 0 aliphatic carbocycles. The van der Waals surface area contributed by atoms with Crippen LogP contribution in [0.25, 0.3) is 0 Å². The largest absolute Gasteiger partial charge is 0.484 e. The third-order valence-electron chi connectivity index (χ3n) is 4.62. The average Bonchev–Trinajstić information content (AvgIpc) is 2.71. The van der Waals surface area contributed by atoms with Crippen LogP contribution in [-0.4, -0.2) is 47.3 Å². The molecule has 158 valence electrons. The fraction of sp³-hybridized carbons (Fsp3) is 0.381. The van der Waals surface area contributed by atoms with E-state index in [1.54, 1.807) is 24.3 Å². The van der Waals surface area contributed by atoms with E-state index < -0.39 is 10.0 Å². The molecule has 0 saturated carbocycles. The second-order valence-electron chi connectivity index (χ2n) is 6.63. The van der Waals surface area contributed by atoms with Gasteiger partial charge in [-0.05, 0) is 55.8 Å². The molecule has 29 heavy (non-hydrogen) atoms. The van der Waals surface area contributed by atoms with Gasteiger partial charge in [-0.1, -0.05) is 12.1 Å². The molecule has 0 spiro atoms. The Morgan fingerprint density at radius 1 is 0.966 bits per heavy atom. The van der Waals surface area contributed by atoms with Gasteiger partial charge in [0.1, 0.15) is 5.75 Å². The highest BCUT2D eigenvalue weighted by atomic mass is 32.2. The first-order valence-electron chi connectivity index (χ1n) is 9.52. The Hall–Kier alpha value is -2.74. The zero-order valence-electron chi connectivity index (χ0n) is 17.4. The number of rotatable bonds is 10. The molecule has 0 heterocycles. The smallest absolute Gasteiger partial charge is 0.258 e. The molecule has 0 saturated heterocycles. The van der Waals surface area contributed by atoms with Crippen molar-refractivity contribution in [3.8, 4) is 5.75 Å². The number of sulfonamides is 1. The molecule has 1 amide bonds. The molecule has 0 bridgehead atoms. The summed E-state index contributed by atoms with van der Waals surface area (Å²) in [6, 6.07) is 14.7. The lowest BCUT2D eigenvalue weighted by Gasteiger charge is -2.21. The van der Waals surface area contributed by atoms with Crippen LogP contribution >= 0.6 is 0 Å². The van der Waals surface area contributed by atoms with E-state index in [1.165, 1.54) is 17.0 Å². The van der Waals surface area contributed by atoms with Crippen LogP contribution < -0.4 is 19.3 Å². The van der Waals surface area contributed by atoms with Crippen molar-refractivity contribution in [1.82, 2.24) is 5.32 Å². The van der Waals surface area contributed by atoms with E-state index in [0.717, 1.165) is 24.9 Å². The maximum absolute atomic E-state index is 12.0. The molecular weight excluding hydrogens is 390 g/mol. The minimum atomic E-state index is -3.31. The maximum atomic E-state index is 12.0. The van der Waals surface area contributed by atoms with Gasteiger partial charge in [0.25, 0.3) is 5.91 Å². The summed E-state index contributed by atoms with van der Waals surface area (Å²) in [6.45, 7) is 6.47. The van der Waals surface area contributed by atoms with E-state index in [0.29, 0.717) is 18.0 Å². The Balaban J connectivity index is 1.81. The Labute approximate surface area is 173 Å². The predicted molar refractivity (Wildman–Crippen MR) is 117 cm³/mol. The van der Waals surface area contributed by atoms with E-state index in [4.69, 9.17) is 4.74 Å². The van der Waals surface area contributed by atoms with Crippen LogP contribution in [0.3, 0.4) is 0 Å². The molecule has 0 aliphatic heterocycles. The highest BCUT2D eigenvalue weighted by Crippen LogP contribution is 2.20. The first-order chi connectivity index (χ1) is 13.7. The molecule has 8 heteroatoms. The summed E-state index contributed by atoms with van der Waals surface area (Å²) in [4.78, 5) is 14.3. The Kier molecular flexibility index (Phi) is 7.90. The second-order valence-corrected chi connectivity index (χ2v) is 8.64. The molecule has 2 aromatic carbocycles. The van der Waals surface area contributed by atoms with Gasteiger partial charge in [-0.3, -0.25) is 9.10 Å². The second kappa shape index (κ2) is 10.2. The monoisotopic (exact) mass is 419 g/mol. The summed E-state index contributed by atoms with van der Waals surface area (Å²) in [5.41, 5.74) is 2.71. The van der Waals surface area contributed by atoms with Crippen molar-refractivity contribution in [3.63, 3.8) is 0 Å². The van der Waals surface area contributed by atoms with E-state index in [2.05, 4.69) is 36.2 Å². The molecule has 0 aromatic heterocycles. The van der Waals surface area contributed by atoms with Crippen LogP contribution in [0.1, 0.15) is 19.4 Å². The van der Waals surface area contributed by atoms with Gasteiger partial charge >= 0.3 is 0 Å². The predicted octanol–water partition coefficient (Wildman–Crippen LogP) is 2.62. The SMILES string of the molecule is CCN(CC)c1ccc(CNC(=O)COc2ccc(N(C)S(C)(=O)=O)cc2)cc1. The number of carbonyl (C=O) groups is 1. The summed E-state index contributed by atoms with van der Waals surface area (Å²) in [5.74, 6) is 0.268. The third-order valence-corrected chi connectivity index (χ3v) is 5.83. The average molecular weight is 420 g/mol. The summed E-state index contributed by atoms with van der Waals surface area (Å²) in [6.07, 6.45) is 1.14. The zero-order valence-corrected chi connectivity index (χ0v) is 18.2. The first-order valence-corrected chi connectivity index (χ1v) is 11.4. The number of amides is 1. The summed E-state index contributed by atoms with van der Waals surface area (Å²) >= 11 is 0. The number of ether oxygens (including phenoxy) is 1. The van der Waals surface area contributed by atoms with Gasteiger partial charge in [0.05, 0.1) is 11.9 Å².